The molecular weight excluding hydrogens is 286 g/mol. The maximum absolute atomic E-state index is 4.50. The second kappa shape index (κ2) is 3.99. The molecule has 3 heterocycles. The molecule has 3 aromatic rings. The molecule has 16 heavy (non-hydrogen) atoms. The highest BCUT2D eigenvalue weighted by molar-refractivity contribution is 9.10. The van der Waals surface area contributed by atoms with Gasteiger partial charge in [-0.05, 0) is 39.5 Å². The number of halogens is 1. The van der Waals surface area contributed by atoms with Gasteiger partial charge in [0.25, 0.3) is 0 Å². The van der Waals surface area contributed by atoms with Crippen molar-refractivity contribution in [1.82, 2.24) is 14.6 Å². The van der Waals surface area contributed by atoms with Crippen molar-refractivity contribution < 1.29 is 0 Å². The summed E-state index contributed by atoms with van der Waals surface area (Å²) in [7, 11) is 0. The van der Waals surface area contributed by atoms with E-state index in [0.29, 0.717) is 0 Å². The number of hydrogen-bond donors (Lipinski definition) is 0. The minimum atomic E-state index is 0.797. The first-order chi connectivity index (χ1) is 7.83. The first-order valence-electron chi connectivity index (χ1n) is 4.85. The second-order valence-electron chi connectivity index (χ2n) is 3.41. The Morgan fingerprint density at radius 3 is 3.00 bits per heavy atom. The zero-order chi connectivity index (χ0) is 11.0. The Balaban J connectivity index is 2.02. The third-order valence-electron chi connectivity index (χ3n) is 2.27. The van der Waals surface area contributed by atoms with E-state index in [1.54, 1.807) is 15.9 Å². The van der Waals surface area contributed by atoms with Crippen molar-refractivity contribution in [2.24, 2.45) is 0 Å². The van der Waals surface area contributed by atoms with Crippen LogP contribution in [0.15, 0.2) is 40.3 Å². The highest BCUT2D eigenvalue weighted by Crippen LogP contribution is 2.17. The van der Waals surface area contributed by atoms with Crippen LogP contribution in [0.5, 0.6) is 0 Å². The number of rotatable bonds is 2. The van der Waals surface area contributed by atoms with Crippen molar-refractivity contribution in [2.75, 3.05) is 0 Å². The lowest BCUT2D eigenvalue weighted by molar-refractivity contribution is 0.904. The molecular formula is C11H8BrN3S. The van der Waals surface area contributed by atoms with E-state index < -0.39 is 0 Å². The Hall–Kier alpha value is -1.20. The molecule has 0 aromatic carbocycles. The quantitative estimate of drug-likeness (QED) is 0.727. The summed E-state index contributed by atoms with van der Waals surface area (Å²) in [5.74, 6) is 0.856. The maximum atomic E-state index is 4.50. The molecule has 3 aromatic heterocycles. The fourth-order valence-corrected chi connectivity index (χ4v) is 2.69. The fourth-order valence-electron chi connectivity index (χ4n) is 1.56. The Morgan fingerprint density at radius 2 is 2.25 bits per heavy atom. The molecule has 0 radical (unpaired) electrons. The van der Waals surface area contributed by atoms with Gasteiger partial charge in [0.15, 0.2) is 11.5 Å². The number of nitrogens with zero attached hydrogens (tertiary/aromatic N) is 3. The van der Waals surface area contributed by atoms with Crippen LogP contribution in [0.1, 0.15) is 10.7 Å². The molecule has 0 aliphatic rings. The molecule has 0 aliphatic carbocycles. The van der Waals surface area contributed by atoms with Crippen LogP contribution >= 0.6 is 27.3 Å². The van der Waals surface area contributed by atoms with Crippen LogP contribution < -0.4 is 0 Å². The summed E-state index contributed by atoms with van der Waals surface area (Å²) in [5, 5.41) is 6.50. The number of aromatic nitrogens is 3. The second-order valence-corrected chi connectivity index (χ2v) is 5.30. The third-order valence-corrected chi connectivity index (χ3v) is 3.77. The van der Waals surface area contributed by atoms with E-state index in [1.807, 2.05) is 24.4 Å². The van der Waals surface area contributed by atoms with E-state index in [4.69, 9.17) is 0 Å². The Labute approximate surface area is 105 Å². The predicted molar refractivity (Wildman–Crippen MR) is 67.8 cm³/mol. The van der Waals surface area contributed by atoms with Crippen LogP contribution in [-0.2, 0) is 6.42 Å². The first kappa shape index (κ1) is 9.99. The average molecular weight is 294 g/mol. The van der Waals surface area contributed by atoms with Crippen LogP contribution in [0, 0.1) is 0 Å². The van der Waals surface area contributed by atoms with Crippen LogP contribution in [0.3, 0.4) is 0 Å². The molecule has 0 unspecified atom stereocenters. The zero-order valence-corrected chi connectivity index (χ0v) is 10.7. The molecule has 0 spiro atoms. The molecule has 0 bridgehead atoms. The lowest BCUT2D eigenvalue weighted by atomic mass is 10.3. The van der Waals surface area contributed by atoms with E-state index in [1.165, 1.54) is 4.88 Å². The summed E-state index contributed by atoms with van der Waals surface area (Å²) in [6.07, 6.45) is 2.71. The van der Waals surface area contributed by atoms with Gasteiger partial charge in [0.2, 0.25) is 0 Å². The average Bonchev–Trinajstić information content (AvgIpc) is 2.88. The Morgan fingerprint density at radius 1 is 1.31 bits per heavy atom. The van der Waals surface area contributed by atoms with E-state index in [-0.39, 0.29) is 0 Å². The van der Waals surface area contributed by atoms with Gasteiger partial charge in [-0.15, -0.1) is 11.3 Å². The normalized spacial score (nSPS) is 11.1. The van der Waals surface area contributed by atoms with Crippen LogP contribution in [0.2, 0.25) is 0 Å². The number of pyridine rings is 1. The van der Waals surface area contributed by atoms with Gasteiger partial charge in [-0.25, -0.2) is 9.50 Å². The van der Waals surface area contributed by atoms with Crippen molar-refractivity contribution in [3.05, 3.63) is 51.0 Å². The van der Waals surface area contributed by atoms with Gasteiger partial charge in [0.05, 0.1) is 4.47 Å². The summed E-state index contributed by atoms with van der Waals surface area (Å²) >= 11 is 5.20. The smallest absolute Gasteiger partial charge is 0.169 e. The minimum absolute atomic E-state index is 0.797. The molecule has 0 amide bonds. The van der Waals surface area contributed by atoms with Crippen molar-refractivity contribution in [3.8, 4) is 0 Å². The predicted octanol–water partition coefficient (Wildman–Crippen LogP) is 3.14. The molecule has 3 rings (SSSR count). The number of thiophene rings is 1. The maximum Gasteiger partial charge on any atom is 0.169 e. The van der Waals surface area contributed by atoms with Gasteiger partial charge in [-0.1, -0.05) is 6.07 Å². The van der Waals surface area contributed by atoms with E-state index >= 15 is 0 Å². The van der Waals surface area contributed by atoms with Crippen molar-refractivity contribution in [1.29, 1.82) is 0 Å². The summed E-state index contributed by atoms with van der Waals surface area (Å²) in [5.41, 5.74) is 0.869. The molecule has 0 atom stereocenters. The molecule has 0 fully saturated rings. The molecule has 80 valence electrons. The largest absolute Gasteiger partial charge is 0.220 e. The van der Waals surface area contributed by atoms with E-state index in [9.17, 15) is 0 Å². The molecule has 0 N–H and O–H groups in total. The SMILES string of the molecule is Brc1cccn2nc(Cc3cccs3)nc12. The zero-order valence-electron chi connectivity index (χ0n) is 8.30. The van der Waals surface area contributed by atoms with E-state index in [2.05, 4.69) is 37.5 Å². The van der Waals surface area contributed by atoms with Gasteiger partial charge in [-0.2, -0.15) is 5.10 Å². The molecule has 0 saturated heterocycles. The van der Waals surface area contributed by atoms with Crippen molar-refractivity contribution in [2.45, 2.75) is 6.42 Å². The standard InChI is InChI=1S/C11H8BrN3S/c12-9-4-1-5-15-11(9)13-10(14-15)7-8-3-2-6-16-8/h1-6H,7H2. The minimum Gasteiger partial charge on any atom is -0.220 e. The summed E-state index contributed by atoms with van der Waals surface area (Å²) in [6, 6.07) is 8.07. The van der Waals surface area contributed by atoms with Crippen LogP contribution in [0.25, 0.3) is 5.65 Å². The summed E-state index contributed by atoms with van der Waals surface area (Å²) in [6.45, 7) is 0. The monoisotopic (exact) mass is 293 g/mol. The van der Waals surface area contributed by atoms with Crippen molar-refractivity contribution in [3.63, 3.8) is 0 Å². The Kier molecular flexibility index (Phi) is 2.49. The molecule has 5 heteroatoms. The molecule has 3 nitrogen and oxygen atoms in total. The topological polar surface area (TPSA) is 30.2 Å². The first-order valence-corrected chi connectivity index (χ1v) is 6.52. The van der Waals surface area contributed by atoms with Crippen LogP contribution in [0.4, 0.5) is 0 Å². The molecule has 0 saturated carbocycles. The third kappa shape index (κ3) is 1.76. The van der Waals surface area contributed by atoms with Gasteiger partial charge in [-0.3, -0.25) is 0 Å². The van der Waals surface area contributed by atoms with Gasteiger partial charge in [0, 0.05) is 17.5 Å². The Bertz CT molecular complexity index is 615. The van der Waals surface area contributed by atoms with Crippen molar-refractivity contribution >= 4 is 32.9 Å². The highest BCUT2D eigenvalue weighted by Gasteiger charge is 2.07. The lowest BCUT2D eigenvalue weighted by Gasteiger charge is -1.90. The number of hydrogen-bond acceptors (Lipinski definition) is 3. The van der Waals surface area contributed by atoms with Gasteiger partial charge < -0.3 is 0 Å². The molecule has 0 aliphatic heterocycles. The fraction of sp³-hybridized carbons (Fsp3) is 0.0909. The summed E-state index contributed by atoms with van der Waals surface area (Å²) < 4.78 is 2.77. The van der Waals surface area contributed by atoms with Gasteiger partial charge in [0.1, 0.15) is 0 Å². The lowest BCUT2D eigenvalue weighted by Crippen LogP contribution is -1.89. The summed E-state index contributed by atoms with van der Waals surface area (Å²) in [4.78, 5) is 5.78. The van der Waals surface area contributed by atoms with Gasteiger partial charge >= 0.3 is 0 Å². The van der Waals surface area contributed by atoms with Crippen LogP contribution in [-0.4, -0.2) is 14.6 Å². The van der Waals surface area contributed by atoms with E-state index in [0.717, 1.165) is 22.4 Å². The highest BCUT2D eigenvalue weighted by atomic mass is 79.9. The number of fused-ring (bicyclic) bond motifs is 1.